The van der Waals surface area contributed by atoms with E-state index in [1.807, 2.05) is 32.0 Å². The van der Waals surface area contributed by atoms with Crippen LogP contribution in [-0.2, 0) is 20.9 Å². The van der Waals surface area contributed by atoms with Crippen molar-refractivity contribution in [3.8, 4) is 5.75 Å². The Hall–Kier alpha value is -4.14. The molecule has 3 rings (SSSR count). The van der Waals surface area contributed by atoms with E-state index in [4.69, 9.17) is 14.0 Å². The second kappa shape index (κ2) is 11.3. The average Bonchev–Trinajstić information content (AvgIpc) is 3.15. The van der Waals surface area contributed by atoms with Crippen LogP contribution < -0.4 is 10.1 Å². The second-order valence-electron chi connectivity index (χ2n) is 8.23. The summed E-state index contributed by atoms with van der Waals surface area (Å²) < 4.78 is 16.1. The summed E-state index contributed by atoms with van der Waals surface area (Å²) in [5.74, 6) is -0.614. The average molecular weight is 480 g/mol. The number of rotatable bonds is 9. The van der Waals surface area contributed by atoms with E-state index in [2.05, 4.69) is 10.5 Å². The van der Waals surface area contributed by atoms with Crippen LogP contribution in [0, 0.1) is 27.7 Å². The van der Waals surface area contributed by atoms with Crippen molar-refractivity contribution in [2.45, 2.75) is 34.3 Å². The van der Waals surface area contributed by atoms with Gasteiger partial charge in [-0.2, -0.15) is 0 Å². The Morgan fingerprint density at radius 3 is 2.34 bits per heavy atom. The highest BCUT2D eigenvalue weighted by Crippen LogP contribution is 2.22. The zero-order chi connectivity index (χ0) is 25.5. The number of aromatic nitrogens is 1. The van der Waals surface area contributed by atoms with Crippen molar-refractivity contribution >= 4 is 23.5 Å². The van der Waals surface area contributed by atoms with Gasteiger partial charge in [-0.15, -0.1) is 0 Å². The van der Waals surface area contributed by atoms with Gasteiger partial charge in [-0.25, -0.2) is 4.79 Å². The summed E-state index contributed by atoms with van der Waals surface area (Å²) in [5, 5.41) is 6.71. The molecule has 0 fully saturated rings. The van der Waals surface area contributed by atoms with Gasteiger partial charge < -0.3 is 24.2 Å². The number of amides is 2. The fourth-order valence-corrected chi connectivity index (χ4v) is 3.43. The lowest BCUT2D eigenvalue weighted by atomic mass is 10.1. The Kier molecular flexibility index (Phi) is 8.25. The molecule has 0 saturated heterocycles. The molecule has 9 heteroatoms. The normalized spacial score (nSPS) is 10.5. The van der Waals surface area contributed by atoms with Gasteiger partial charge in [0, 0.05) is 12.7 Å². The summed E-state index contributed by atoms with van der Waals surface area (Å²) in [5.41, 5.74) is 4.26. The summed E-state index contributed by atoms with van der Waals surface area (Å²) in [6, 6.07) is 12.3. The van der Waals surface area contributed by atoms with E-state index in [9.17, 15) is 14.4 Å². The zero-order valence-electron chi connectivity index (χ0n) is 20.5. The molecule has 35 heavy (non-hydrogen) atoms. The number of anilines is 1. The number of aryl methyl sites for hydroxylation is 4. The lowest BCUT2D eigenvalue weighted by Crippen LogP contribution is -2.37. The molecular weight excluding hydrogens is 450 g/mol. The smallest absolute Gasteiger partial charge is 0.342 e. The van der Waals surface area contributed by atoms with Gasteiger partial charge in [-0.1, -0.05) is 35.5 Å². The molecule has 1 N–H and O–H groups in total. The molecule has 0 saturated carbocycles. The predicted octanol–water partition coefficient (Wildman–Crippen LogP) is 3.74. The van der Waals surface area contributed by atoms with Crippen molar-refractivity contribution in [3.05, 3.63) is 76.2 Å². The lowest BCUT2D eigenvalue weighted by molar-refractivity contribution is -0.136. The monoisotopic (exact) mass is 479 g/mol. The first-order chi connectivity index (χ1) is 16.7. The largest absolute Gasteiger partial charge is 0.488 e. The molecule has 0 bridgehead atoms. The number of hydrogen-bond donors (Lipinski definition) is 1. The van der Waals surface area contributed by atoms with Crippen molar-refractivity contribution in [2.24, 2.45) is 0 Å². The SMILES string of the molecule is Cc1cccc(C)c1NC(=O)CN(C)C(=O)COC(=O)c1ccccc1OCc1c(C)noc1C. The molecule has 2 aromatic carbocycles. The third-order valence-corrected chi connectivity index (χ3v) is 5.54. The van der Waals surface area contributed by atoms with Crippen molar-refractivity contribution < 1.29 is 28.4 Å². The second-order valence-corrected chi connectivity index (χ2v) is 8.23. The molecule has 0 aliphatic carbocycles. The maximum absolute atomic E-state index is 12.6. The van der Waals surface area contributed by atoms with Crippen LogP contribution in [0.15, 0.2) is 47.0 Å². The molecule has 2 amide bonds. The van der Waals surface area contributed by atoms with E-state index < -0.39 is 18.5 Å². The first kappa shape index (κ1) is 25.5. The van der Waals surface area contributed by atoms with E-state index in [-0.39, 0.29) is 24.6 Å². The first-order valence-corrected chi connectivity index (χ1v) is 11.1. The van der Waals surface area contributed by atoms with Crippen LogP contribution in [0.3, 0.4) is 0 Å². The van der Waals surface area contributed by atoms with Gasteiger partial charge in [0.25, 0.3) is 5.91 Å². The molecule has 0 aliphatic heterocycles. The van der Waals surface area contributed by atoms with Crippen molar-refractivity contribution in [3.63, 3.8) is 0 Å². The molecule has 1 aromatic heterocycles. The van der Waals surface area contributed by atoms with Gasteiger partial charge in [0.2, 0.25) is 5.91 Å². The Balaban J connectivity index is 1.54. The molecule has 1 heterocycles. The third-order valence-electron chi connectivity index (χ3n) is 5.54. The Labute approximate surface area is 204 Å². The van der Waals surface area contributed by atoms with E-state index in [1.54, 1.807) is 38.1 Å². The minimum Gasteiger partial charge on any atom is -0.488 e. The number of hydrogen-bond acceptors (Lipinski definition) is 7. The van der Waals surface area contributed by atoms with E-state index >= 15 is 0 Å². The number of esters is 1. The molecule has 0 aliphatic rings. The first-order valence-electron chi connectivity index (χ1n) is 11.1. The highest BCUT2D eigenvalue weighted by molar-refractivity contribution is 5.97. The molecule has 3 aromatic rings. The van der Waals surface area contributed by atoms with E-state index in [0.29, 0.717) is 17.2 Å². The summed E-state index contributed by atoms with van der Waals surface area (Å²) in [6.07, 6.45) is 0. The van der Waals surface area contributed by atoms with E-state index in [0.717, 1.165) is 22.4 Å². The molecule has 9 nitrogen and oxygen atoms in total. The van der Waals surface area contributed by atoms with Crippen LogP contribution >= 0.6 is 0 Å². The number of likely N-dealkylation sites (N-methyl/N-ethyl adjacent to an activating group) is 1. The number of para-hydroxylation sites is 2. The molecule has 0 atom stereocenters. The zero-order valence-corrected chi connectivity index (χ0v) is 20.5. The van der Waals surface area contributed by atoms with Gasteiger partial charge in [-0.3, -0.25) is 9.59 Å². The quantitative estimate of drug-likeness (QED) is 0.466. The molecule has 0 spiro atoms. The van der Waals surface area contributed by atoms with Crippen LogP contribution in [-0.4, -0.2) is 48.0 Å². The Morgan fingerprint density at radius 1 is 1.00 bits per heavy atom. The molecule has 184 valence electrons. The summed E-state index contributed by atoms with van der Waals surface area (Å²) in [4.78, 5) is 38.7. The summed E-state index contributed by atoms with van der Waals surface area (Å²) in [6.45, 7) is 6.86. The third kappa shape index (κ3) is 6.47. The fraction of sp³-hybridized carbons (Fsp3) is 0.308. The van der Waals surface area contributed by atoms with Gasteiger partial charge in [0.05, 0.1) is 17.8 Å². The Morgan fingerprint density at radius 2 is 1.69 bits per heavy atom. The van der Waals surface area contributed by atoms with Crippen LogP contribution in [0.1, 0.15) is 38.5 Å². The van der Waals surface area contributed by atoms with Crippen LogP contribution in [0.5, 0.6) is 5.75 Å². The van der Waals surface area contributed by atoms with Gasteiger partial charge in [0.1, 0.15) is 23.7 Å². The standard InChI is InChI=1S/C26H29N3O6/c1-16-9-8-10-17(2)25(16)27-23(30)13-29(5)24(31)15-34-26(32)20-11-6-7-12-22(20)33-14-21-18(3)28-35-19(21)4/h6-12H,13-15H2,1-5H3,(H,27,30). The summed E-state index contributed by atoms with van der Waals surface area (Å²) >= 11 is 0. The number of carbonyl (C=O) groups is 3. The number of carbonyl (C=O) groups excluding carboxylic acids is 3. The van der Waals surface area contributed by atoms with Crippen molar-refractivity contribution in [1.29, 1.82) is 0 Å². The van der Waals surface area contributed by atoms with Gasteiger partial charge >= 0.3 is 5.97 Å². The van der Waals surface area contributed by atoms with E-state index in [1.165, 1.54) is 11.9 Å². The minimum atomic E-state index is -0.707. The maximum atomic E-state index is 12.6. The summed E-state index contributed by atoms with van der Waals surface area (Å²) in [7, 11) is 1.47. The number of nitrogens with one attached hydrogen (secondary N) is 1. The molecular formula is C26H29N3O6. The number of nitrogens with zero attached hydrogens (tertiary/aromatic N) is 2. The van der Waals surface area contributed by atoms with Crippen LogP contribution in [0.2, 0.25) is 0 Å². The molecule has 0 radical (unpaired) electrons. The fourth-order valence-electron chi connectivity index (χ4n) is 3.43. The van der Waals surface area contributed by atoms with Crippen LogP contribution in [0.4, 0.5) is 5.69 Å². The highest BCUT2D eigenvalue weighted by atomic mass is 16.5. The van der Waals surface area contributed by atoms with Crippen LogP contribution in [0.25, 0.3) is 0 Å². The maximum Gasteiger partial charge on any atom is 0.342 e. The predicted molar refractivity (Wildman–Crippen MR) is 129 cm³/mol. The lowest BCUT2D eigenvalue weighted by Gasteiger charge is -2.18. The topological polar surface area (TPSA) is 111 Å². The van der Waals surface area contributed by atoms with Crippen molar-refractivity contribution in [2.75, 3.05) is 25.5 Å². The minimum absolute atomic E-state index is 0.169. The molecule has 0 unspecified atom stereocenters. The Bertz CT molecular complexity index is 1190. The number of benzene rings is 2. The van der Waals surface area contributed by atoms with Gasteiger partial charge in [-0.05, 0) is 51.0 Å². The number of ether oxygens (including phenoxy) is 2. The highest BCUT2D eigenvalue weighted by Gasteiger charge is 2.19. The van der Waals surface area contributed by atoms with Crippen molar-refractivity contribution in [1.82, 2.24) is 10.1 Å². The van der Waals surface area contributed by atoms with Gasteiger partial charge in [0.15, 0.2) is 6.61 Å².